The van der Waals surface area contributed by atoms with Crippen molar-refractivity contribution < 1.29 is 4.42 Å². The molecule has 4 nitrogen and oxygen atoms in total. The first-order valence-corrected chi connectivity index (χ1v) is 17.3. The standard InChI is InChI=1S/C47H31N3O/c1-3-11-30(12-4-1)33-16-9-17-34(27-33)35-24-26-42-41(29-35)44-40(19-10-20-43(44)51-42)47-49-45(32-14-5-2-6-15-32)48-46(50-47)37-23-25-39-36(28-37)22-21-31-13-7-8-18-38(31)39/h1-29,47H,(H,48,49,50). The van der Waals surface area contributed by atoms with Gasteiger partial charge in [0.05, 0.1) is 0 Å². The fourth-order valence-corrected chi connectivity index (χ4v) is 7.40. The van der Waals surface area contributed by atoms with Crippen molar-refractivity contribution in [3.8, 4) is 22.3 Å². The van der Waals surface area contributed by atoms with Gasteiger partial charge in [0.2, 0.25) is 0 Å². The zero-order chi connectivity index (χ0) is 33.7. The van der Waals surface area contributed by atoms with Crippen LogP contribution in [0, 0.1) is 0 Å². The Balaban J connectivity index is 1.10. The molecule has 8 aromatic carbocycles. The molecular weight excluding hydrogens is 623 g/mol. The van der Waals surface area contributed by atoms with Gasteiger partial charge in [-0.1, -0.05) is 146 Å². The normalized spacial score (nSPS) is 14.5. The largest absolute Gasteiger partial charge is 0.456 e. The lowest BCUT2D eigenvalue weighted by atomic mass is 9.97. The fourth-order valence-electron chi connectivity index (χ4n) is 7.40. The molecule has 0 amide bonds. The molecule has 0 saturated heterocycles. The number of amidine groups is 2. The summed E-state index contributed by atoms with van der Waals surface area (Å²) in [5, 5.41) is 10.7. The van der Waals surface area contributed by atoms with E-state index in [1.165, 1.54) is 32.7 Å². The lowest BCUT2D eigenvalue weighted by Crippen LogP contribution is -2.33. The Hall–Kier alpha value is -6.78. The summed E-state index contributed by atoms with van der Waals surface area (Å²) in [7, 11) is 0. The number of rotatable bonds is 5. The minimum Gasteiger partial charge on any atom is -0.456 e. The van der Waals surface area contributed by atoms with E-state index in [-0.39, 0.29) is 0 Å². The number of aliphatic imine (C=N–C) groups is 2. The average molecular weight is 654 g/mol. The van der Waals surface area contributed by atoms with E-state index in [1.54, 1.807) is 0 Å². The lowest BCUT2D eigenvalue weighted by molar-refractivity contribution is 0.662. The fraction of sp³-hybridized carbons (Fsp3) is 0.0213. The van der Waals surface area contributed by atoms with Crippen LogP contribution in [-0.2, 0) is 0 Å². The third kappa shape index (κ3) is 5.17. The average Bonchev–Trinajstić information content (AvgIpc) is 3.59. The Morgan fingerprint density at radius 3 is 1.96 bits per heavy atom. The first kappa shape index (κ1) is 29.2. The third-order valence-corrected chi connectivity index (χ3v) is 9.92. The molecule has 0 aliphatic carbocycles. The van der Waals surface area contributed by atoms with Crippen LogP contribution >= 0.6 is 0 Å². The number of hydrogen-bond acceptors (Lipinski definition) is 4. The van der Waals surface area contributed by atoms with Gasteiger partial charge in [-0.25, -0.2) is 9.98 Å². The molecule has 2 heterocycles. The highest BCUT2D eigenvalue weighted by Crippen LogP contribution is 2.38. The lowest BCUT2D eigenvalue weighted by Gasteiger charge is -2.24. The Labute approximate surface area is 295 Å². The van der Waals surface area contributed by atoms with Gasteiger partial charge in [0.1, 0.15) is 23.2 Å². The van der Waals surface area contributed by atoms with Gasteiger partial charge in [0.25, 0.3) is 0 Å². The SMILES string of the molecule is c1ccc(C2=NC(c3cccc4oc5ccc(-c6cccc(-c7ccccc7)c6)cc5c34)NC(c3ccc4c(ccc5ccccc54)c3)=N2)cc1. The molecule has 1 aliphatic heterocycles. The topological polar surface area (TPSA) is 49.9 Å². The monoisotopic (exact) mass is 653 g/mol. The smallest absolute Gasteiger partial charge is 0.159 e. The number of furan rings is 1. The molecule has 240 valence electrons. The predicted molar refractivity (Wildman–Crippen MR) is 211 cm³/mol. The number of fused-ring (bicyclic) bond motifs is 6. The molecule has 0 bridgehead atoms. The number of hydrogen-bond donors (Lipinski definition) is 1. The highest BCUT2D eigenvalue weighted by molar-refractivity contribution is 6.16. The van der Waals surface area contributed by atoms with Gasteiger partial charge >= 0.3 is 0 Å². The van der Waals surface area contributed by atoms with E-state index in [2.05, 4.69) is 157 Å². The molecule has 0 fully saturated rings. The maximum absolute atomic E-state index is 6.47. The molecule has 4 heteroatoms. The maximum Gasteiger partial charge on any atom is 0.159 e. The van der Waals surface area contributed by atoms with Crippen LogP contribution in [0.2, 0.25) is 0 Å². The molecule has 1 aliphatic rings. The van der Waals surface area contributed by atoms with Crippen molar-refractivity contribution in [2.75, 3.05) is 0 Å². The van der Waals surface area contributed by atoms with Crippen LogP contribution in [0.25, 0.3) is 65.7 Å². The Morgan fingerprint density at radius 1 is 0.431 bits per heavy atom. The minimum absolute atomic E-state index is 0.394. The summed E-state index contributed by atoms with van der Waals surface area (Å²) >= 11 is 0. The van der Waals surface area contributed by atoms with Crippen LogP contribution < -0.4 is 5.32 Å². The summed E-state index contributed by atoms with van der Waals surface area (Å²) in [6, 6.07) is 61.7. The summed E-state index contributed by atoms with van der Waals surface area (Å²) < 4.78 is 6.47. The third-order valence-electron chi connectivity index (χ3n) is 9.92. The first-order chi connectivity index (χ1) is 25.2. The summed E-state index contributed by atoms with van der Waals surface area (Å²) in [4.78, 5) is 10.4. The van der Waals surface area contributed by atoms with Gasteiger partial charge in [0.15, 0.2) is 5.84 Å². The van der Waals surface area contributed by atoms with Crippen LogP contribution in [0.3, 0.4) is 0 Å². The summed E-state index contributed by atoms with van der Waals surface area (Å²) in [6.07, 6.45) is -0.394. The first-order valence-electron chi connectivity index (χ1n) is 17.3. The van der Waals surface area contributed by atoms with Gasteiger partial charge in [-0.2, -0.15) is 0 Å². The van der Waals surface area contributed by atoms with E-state index < -0.39 is 6.17 Å². The Kier molecular flexibility index (Phi) is 6.85. The van der Waals surface area contributed by atoms with E-state index in [0.717, 1.165) is 55.6 Å². The predicted octanol–water partition coefficient (Wildman–Crippen LogP) is 11.7. The van der Waals surface area contributed by atoms with Gasteiger partial charge < -0.3 is 9.73 Å². The van der Waals surface area contributed by atoms with Crippen molar-refractivity contribution in [3.63, 3.8) is 0 Å². The van der Waals surface area contributed by atoms with Gasteiger partial charge in [-0.3, -0.25) is 0 Å². The number of nitrogens with one attached hydrogen (secondary N) is 1. The van der Waals surface area contributed by atoms with E-state index in [9.17, 15) is 0 Å². The van der Waals surface area contributed by atoms with E-state index in [4.69, 9.17) is 14.4 Å². The van der Waals surface area contributed by atoms with Gasteiger partial charge in [-0.05, 0) is 74.1 Å². The van der Waals surface area contributed by atoms with E-state index in [1.807, 2.05) is 24.3 Å². The quantitative estimate of drug-likeness (QED) is 0.188. The van der Waals surface area contributed by atoms with Crippen LogP contribution in [0.4, 0.5) is 0 Å². The molecule has 51 heavy (non-hydrogen) atoms. The zero-order valence-electron chi connectivity index (χ0n) is 27.6. The maximum atomic E-state index is 6.47. The van der Waals surface area contributed by atoms with Crippen molar-refractivity contribution in [2.45, 2.75) is 6.17 Å². The van der Waals surface area contributed by atoms with Crippen molar-refractivity contribution >= 4 is 55.2 Å². The summed E-state index contributed by atoms with van der Waals surface area (Å²) in [5.41, 5.74) is 9.37. The highest BCUT2D eigenvalue weighted by Gasteiger charge is 2.25. The van der Waals surface area contributed by atoms with Crippen molar-refractivity contribution in [1.82, 2.24) is 5.32 Å². The second kappa shape index (κ2) is 12.0. The van der Waals surface area contributed by atoms with Crippen LogP contribution in [-0.4, -0.2) is 11.7 Å². The van der Waals surface area contributed by atoms with Gasteiger partial charge in [-0.15, -0.1) is 0 Å². The molecule has 1 atom stereocenters. The van der Waals surface area contributed by atoms with Crippen LogP contribution in [0.1, 0.15) is 22.9 Å². The molecule has 10 rings (SSSR count). The molecule has 0 radical (unpaired) electrons. The van der Waals surface area contributed by atoms with Crippen LogP contribution in [0.5, 0.6) is 0 Å². The molecule has 0 spiro atoms. The zero-order valence-corrected chi connectivity index (χ0v) is 27.6. The van der Waals surface area contributed by atoms with Crippen molar-refractivity contribution in [2.24, 2.45) is 9.98 Å². The molecule has 9 aromatic rings. The second-order valence-corrected chi connectivity index (χ2v) is 13.0. The van der Waals surface area contributed by atoms with Crippen molar-refractivity contribution in [3.05, 3.63) is 193 Å². The minimum atomic E-state index is -0.394. The summed E-state index contributed by atoms with van der Waals surface area (Å²) in [5.74, 6) is 1.48. The Morgan fingerprint density at radius 2 is 1.10 bits per heavy atom. The Bertz CT molecular complexity index is 2830. The molecule has 0 saturated carbocycles. The second-order valence-electron chi connectivity index (χ2n) is 13.0. The number of nitrogens with zero attached hydrogens (tertiary/aromatic N) is 2. The van der Waals surface area contributed by atoms with E-state index in [0.29, 0.717) is 5.84 Å². The van der Waals surface area contributed by atoms with Gasteiger partial charge in [0, 0.05) is 27.5 Å². The summed E-state index contributed by atoms with van der Waals surface area (Å²) in [6.45, 7) is 0. The van der Waals surface area contributed by atoms with Crippen LogP contribution in [0.15, 0.2) is 190 Å². The molecule has 1 N–H and O–H groups in total. The highest BCUT2D eigenvalue weighted by atomic mass is 16.3. The molecule has 1 unspecified atom stereocenters. The van der Waals surface area contributed by atoms with Crippen molar-refractivity contribution in [1.29, 1.82) is 0 Å². The van der Waals surface area contributed by atoms with E-state index >= 15 is 0 Å². The molecular formula is C47H31N3O. The number of benzene rings is 8. The molecule has 1 aromatic heterocycles.